The van der Waals surface area contributed by atoms with Crippen molar-refractivity contribution in [1.29, 1.82) is 0 Å². The molecule has 0 N–H and O–H groups in total. The number of nitrogens with zero attached hydrogens (tertiary/aromatic N) is 3. The first kappa shape index (κ1) is 10.7. The van der Waals surface area contributed by atoms with Crippen LogP contribution >= 0.6 is 15.9 Å². The number of rotatable bonds is 1. The monoisotopic (exact) mass is 271 g/mol. The average molecular weight is 272 g/mol. The highest BCUT2D eigenvalue weighted by Gasteiger charge is 2.20. The van der Waals surface area contributed by atoms with Gasteiger partial charge in [-0.3, -0.25) is 4.79 Å². The third kappa shape index (κ3) is 2.22. The Morgan fingerprint density at radius 2 is 2.13 bits per heavy atom. The average Bonchev–Trinajstić information content (AvgIpc) is 2.24. The molecule has 0 aromatic carbocycles. The molecule has 1 fully saturated rings. The van der Waals surface area contributed by atoms with Gasteiger partial charge in [-0.15, -0.1) is 0 Å². The van der Waals surface area contributed by atoms with Gasteiger partial charge < -0.3 is 9.47 Å². The first-order valence-corrected chi connectivity index (χ1v) is 6.00. The molecule has 15 heavy (non-hydrogen) atoms. The number of alkyl halides is 1. The van der Waals surface area contributed by atoms with Crippen LogP contribution in [0.5, 0.6) is 0 Å². The Balaban J connectivity index is 2.23. The van der Waals surface area contributed by atoms with E-state index in [1.165, 1.54) is 0 Å². The van der Waals surface area contributed by atoms with E-state index in [2.05, 4.69) is 25.8 Å². The Morgan fingerprint density at radius 3 is 2.80 bits per heavy atom. The fourth-order valence-electron chi connectivity index (χ4n) is 1.76. The van der Waals surface area contributed by atoms with Crippen LogP contribution < -0.4 is 10.5 Å². The Kier molecular flexibility index (Phi) is 3.09. The quantitative estimate of drug-likeness (QED) is 0.720. The van der Waals surface area contributed by atoms with Crippen molar-refractivity contribution in [2.75, 3.05) is 18.0 Å². The highest BCUT2D eigenvalue weighted by molar-refractivity contribution is 9.09. The molecule has 1 aliphatic rings. The lowest BCUT2D eigenvalue weighted by atomic mass is 10.1. The van der Waals surface area contributed by atoms with Crippen LogP contribution in [0, 0.1) is 0 Å². The standard InChI is InChI=1S/C10H14BrN3O/c1-13-7-4-12-9(10(13)15)14-5-2-8(11)3-6-14/h4,7-8H,2-3,5-6H2,1H3. The fourth-order valence-corrected chi connectivity index (χ4v) is 2.17. The molecule has 2 rings (SSSR count). The van der Waals surface area contributed by atoms with E-state index in [1.54, 1.807) is 24.0 Å². The minimum Gasteiger partial charge on any atom is -0.352 e. The molecule has 82 valence electrons. The minimum atomic E-state index is -0.00878. The zero-order valence-electron chi connectivity index (χ0n) is 8.69. The van der Waals surface area contributed by atoms with Crippen molar-refractivity contribution in [3.8, 4) is 0 Å². The van der Waals surface area contributed by atoms with E-state index in [-0.39, 0.29) is 5.56 Å². The molecule has 0 spiro atoms. The number of aryl methyl sites for hydroxylation is 1. The molecule has 0 radical (unpaired) electrons. The number of halogens is 1. The Labute approximate surface area is 97.1 Å². The van der Waals surface area contributed by atoms with Gasteiger partial charge in [0.25, 0.3) is 5.56 Å². The minimum absolute atomic E-state index is 0.00878. The van der Waals surface area contributed by atoms with Crippen molar-refractivity contribution >= 4 is 21.7 Å². The maximum absolute atomic E-state index is 11.8. The van der Waals surface area contributed by atoms with Crippen molar-refractivity contribution in [1.82, 2.24) is 9.55 Å². The molecule has 1 saturated heterocycles. The summed E-state index contributed by atoms with van der Waals surface area (Å²) >= 11 is 3.59. The summed E-state index contributed by atoms with van der Waals surface area (Å²) in [6, 6.07) is 0. The summed E-state index contributed by atoms with van der Waals surface area (Å²) in [5, 5.41) is 0. The molecule has 0 saturated carbocycles. The summed E-state index contributed by atoms with van der Waals surface area (Å²) < 4.78 is 1.57. The van der Waals surface area contributed by atoms with Crippen LogP contribution in [0.25, 0.3) is 0 Å². The number of anilines is 1. The second-order valence-corrected chi connectivity index (χ2v) is 5.12. The van der Waals surface area contributed by atoms with E-state index in [9.17, 15) is 4.79 Å². The number of hydrogen-bond acceptors (Lipinski definition) is 3. The fraction of sp³-hybridized carbons (Fsp3) is 0.600. The van der Waals surface area contributed by atoms with Crippen LogP contribution in [0.1, 0.15) is 12.8 Å². The van der Waals surface area contributed by atoms with Gasteiger partial charge in [-0.25, -0.2) is 4.98 Å². The lowest BCUT2D eigenvalue weighted by Crippen LogP contribution is -2.38. The van der Waals surface area contributed by atoms with Crippen LogP contribution in [-0.2, 0) is 7.05 Å². The molecule has 0 unspecified atom stereocenters. The predicted octanol–water partition coefficient (Wildman–Crippen LogP) is 1.14. The molecular formula is C10H14BrN3O. The SMILES string of the molecule is Cn1ccnc(N2CCC(Br)CC2)c1=O. The topological polar surface area (TPSA) is 38.1 Å². The summed E-state index contributed by atoms with van der Waals surface area (Å²) in [4.78, 5) is 18.6. The molecule has 5 heteroatoms. The lowest BCUT2D eigenvalue weighted by molar-refractivity contribution is 0.587. The molecule has 1 aliphatic heterocycles. The summed E-state index contributed by atoms with van der Waals surface area (Å²) in [5.74, 6) is 0.583. The van der Waals surface area contributed by atoms with Crippen LogP contribution in [-0.4, -0.2) is 27.5 Å². The van der Waals surface area contributed by atoms with Gasteiger partial charge >= 0.3 is 0 Å². The van der Waals surface area contributed by atoms with E-state index in [0.717, 1.165) is 25.9 Å². The largest absolute Gasteiger partial charge is 0.352 e. The van der Waals surface area contributed by atoms with Crippen molar-refractivity contribution < 1.29 is 0 Å². The first-order valence-electron chi connectivity index (χ1n) is 5.09. The van der Waals surface area contributed by atoms with Crippen molar-refractivity contribution in [3.63, 3.8) is 0 Å². The molecule has 0 amide bonds. The van der Waals surface area contributed by atoms with Crippen LogP contribution in [0.15, 0.2) is 17.2 Å². The van der Waals surface area contributed by atoms with Crippen molar-refractivity contribution in [3.05, 3.63) is 22.7 Å². The van der Waals surface area contributed by atoms with Gasteiger partial charge in [0, 0.05) is 37.4 Å². The maximum atomic E-state index is 11.8. The van der Waals surface area contributed by atoms with Gasteiger partial charge in [-0.2, -0.15) is 0 Å². The van der Waals surface area contributed by atoms with E-state index in [0.29, 0.717) is 10.6 Å². The van der Waals surface area contributed by atoms with Crippen LogP contribution in [0.4, 0.5) is 5.82 Å². The zero-order chi connectivity index (χ0) is 10.8. The maximum Gasteiger partial charge on any atom is 0.293 e. The first-order chi connectivity index (χ1) is 7.18. The van der Waals surface area contributed by atoms with E-state index in [4.69, 9.17) is 0 Å². The smallest absolute Gasteiger partial charge is 0.293 e. The second kappa shape index (κ2) is 4.35. The molecule has 0 aliphatic carbocycles. The predicted molar refractivity (Wildman–Crippen MR) is 63.6 cm³/mol. The summed E-state index contributed by atoms with van der Waals surface area (Å²) in [6.07, 6.45) is 5.50. The molecule has 0 bridgehead atoms. The molecule has 0 atom stereocenters. The van der Waals surface area contributed by atoms with E-state index >= 15 is 0 Å². The van der Waals surface area contributed by atoms with E-state index < -0.39 is 0 Å². The van der Waals surface area contributed by atoms with Gasteiger partial charge in [0.2, 0.25) is 0 Å². The third-order valence-corrected chi connectivity index (χ3v) is 3.64. The van der Waals surface area contributed by atoms with Crippen molar-refractivity contribution in [2.45, 2.75) is 17.7 Å². The lowest BCUT2D eigenvalue weighted by Gasteiger charge is -2.29. The Bertz CT molecular complexity index is 396. The number of hydrogen-bond donors (Lipinski definition) is 0. The molecule has 4 nitrogen and oxygen atoms in total. The normalized spacial score (nSPS) is 18.1. The third-order valence-electron chi connectivity index (χ3n) is 2.72. The number of aromatic nitrogens is 2. The Hall–Kier alpha value is -0.840. The zero-order valence-corrected chi connectivity index (χ0v) is 10.3. The number of piperidine rings is 1. The summed E-state index contributed by atoms with van der Waals surface area (Å²) in [7, 11) is 1.75. The summed E-state index contributed by atoms with van der Waals surface area (Å²) in [6.45, 7) is 1.81. The molecule has 1 aromatic rings. The van der Waals surface area contributed by atoms with E-state index in [1.807, 2.05) is 0 Å². The molecule has 2 heterocycles. The van der Waals surface area contributed by atoms with Gasteiger partial charge in [-0.1, -0.05) is 15.9 Å². The second-order valence-electron chi connectivity index (χ2n) is 3.83. The van der Waals surface area contributed by atoms with Gasteiger partial charge in [-0.05, 0) is 12.8 Å². The highest BCUT2D eigenvalue weighted by Crippen LogP contribution is 2.19. The summed E-state index contributed by atoms with van der Waals surface area (Å²) in [5.41, 5.74) is -0.00878. The van der Waals surface area contributed by atoms with Gasteiger partial charge in [0.15, 0.2) is 5.82 Å². The highest BCUT2D eigenvalue weighted by atomic mass is 79.9. The van der Waals surface area contributed by atoms with Crippen LogP contribution in [0.2, 0.25) is 0 Å². The molecule has 1 aromatic heterocycles. The van der Waals surface area contributed by atoms with Crippen molar-refractivity contribution in [2.24, 2.45) is 7.05 Å². The van der Waals surface area contributed by atoms with Gasteiger partial charge in [0.1, 0.15) is 0 Å². The van der Waals surface area contributed by atoms with Gasteiger partial charge in [0.05, 0.1) is 0 Å². The Morgan fingerprint density at radius 1 is 1.47 bits per heavy atom. The van der Waals surface area contributed by atoms with Crippen LogP contribution in [0.3, 0.4) is 0 Å². The molecular weight excluding hydrogens is 258 g/mol.